The lowest BCUT2D eigenvalue weighted by atomic mass is 10.1. The molecule has 4 N–H and O–H groups in total. The van der Waals surface area contributed by atoms with Gasteiger partial charge in [0.05, 0.1) is 5.70 Å². The van der Waals surface area contributed by atoms with Gasteiger partial charge in [-0.1, -0.05) is 18.2 Å². The third kappa shape index (κ3) is 2.94. The molecule has 23 heavy (non-hydrogen) atoms. The molecule has 1 saturated heterocycles. The predicted molar refractivity (Wildman–Crippen MR) is 86.6 cm³/mol. The van der Waals surface area contributed by atoms with E-state index in [0.717, 1.165) is 21.6 Å². The van der Waals surface area contributed by atoms with Crippen molar-refractivity contribution in [3.05, 3.63) is 41.7 Å². The molecular weight excluding hydrogens is 338 g/mol. The van der Waals surface area contributed by atoms with Gasteiger partial charge >= 0.3 is 5.97 Å². The Labute approximate surface area is 140 Å². The summed E-state index contributed by atoms with van der Waals surface area (Å²) in [7, 11) is 0. The zero-order valence-electron chi connectivity index (χ0n) is 11.8. The highest BCUT2D eigenvalue weighted by Crippen LogP contribution is 2.38. The van der Waals surface area contributed by atoms with Crippen LogP contribution in [0.15, 0.2) is 46.6 Å². The van der Waals surface area contributed by atoms with Gasteiger partial charge in [-0.25, -0.2) is 4.79 Å². The van der Waals surface area contributed by atoms with E-state index in [1.165, 1.54) is 11.8 Å². The Kier molecular flexibility index (Phi) is 4.33. The molecule has 120 valence electrons. The molecule has 0 radical (unpaired) electrons. The number of hydrogen-bond acceptors (Lipinski definition) is 6. The van der Waals surface area contributed by atoms with E-state index in [4.69, 9.17) is 5.73 Å². The molecule has 1 aromatic rings. The maximum atomic E-state index is 12.1. The zero-order valence-corrected chi connectivity index (χ0v) is 13.4. The van der Waals surface area contributed by atoms with E-state index in [0.29, 0.717) is 0 Å². The van der Waals surface area contributed by atoms with Gasteiger partial charge in [0.1, 0.15) is 11.4 Å². The zero-order chi connectivity index (χ0) is 16.6. The lowest BCUT2D eigenvalue weighted by Gasteiger charge is -2.47. The molecule has 0 aromatic heterocycles. The smallest absolute Gasteiger partial charge is 0.354 e. The van der Waals surface area contributed by atoms with Crippen molar-refractivity contribution in [2.24, 2.45) is 5.73 Å². The van der Waals surface area contributed by atoms with E-state index in [1.54, 1.807) is 24.3 Å². The number of carbonyl (C=O) groups excluding carboxylic acids is 2. The number of carbonyl (C=O) groups is 3. The number of amides is 2. The first-order valence-electron chi connectivity index (χ1n) is 6.69. The number of nitrogens with zero attached hydrogens (tertiary/aromatic N) is 1. The van der Waals surface area contributed by atoms with Crippen LogP contribution < -0.4 is 11.1 Å². The van der Waals surface area contributed by atoms with Crippen LogP contribution in [0.25, 0.3) is 0 Å². The van der Waals surface area contributed by atoms with Crippen molar-refractivity contribution in [3.8, 4) is 0 Å². The molecule has 1 aromatic carbocycles. The largest absolute Gasteiger partial charge is 0.477 e. The number of benzene rings is 1. The number of hydrogen-bond donors (Lipinski definition) is 3. The van der Waals surface area contributed by atoms with E-state index in [2.05, 4.69) is 5.32 Å². The summed E-state index contributed by atoms with van der Waals surface area (Å²) in [4.78, 5) is 37.3. The summed E-state index contributed by atoms with van der Waals surface area (Å²) in [5.41, 5.74) is 5.69. The number of nitrogens with one attached hydrogen (secondary N) is 1. The van der Waals surface area contributed by atoms with Crippen LogP contribution in [-0.4, -0.2) is 44.3 Å². The van der Waals surface area contributed by atoms with Crippen LogP contribution in [0.3, 0.4) is 0 Å². The second-order valence-electron chi connectivity index (χ2n) is 4.90. The minimum absolute atomic E-state index is 0.192. The van der Waals surface area contributed by atoms with Crippen LogP contribution >= 0.6 is 23.5 Å². The Morgan fingerprint density at radius 1 is 1.35 bits per heavy atom. The Morgan fingerprint density at radius 2 is 2.04 bits per heavy atom. The Balaban J connectivity index is 1.78. The van der Waals surface area contributed by atoms with Crippen molar-refractivity contribution in [3.63, 3.8) is 0 Å². The highest BCUT2D eigenvalue weighted by atomic mass is 32.2. The highest BCUT2D eigenvalue weighted by molar-refractivity contribution is 8.13. The van der Waals surface area contributed by atoms with Crippen LogP contribution in [-0.2, 0) is 9.59 Å². The number of nitrogens with two attached hydrogens (primary N) is 1. The fourth-order valence-corrected chi connectivity index (χ4v) is 4.27. The van der Waals surface area contributed by atoms with Gasteiger partial charge in [-0.3, -0.25) is 14.5 Å². The van der Waals surface area contributed by atoms with Gasteiger partial charge in [0, 0.05) is 10.6 Å². The van der Waals surface area contributed by atoms with E-state index >= 15 is 0 Å². The fourth-order valence-electron chi connectivity index (χ4n) is 2.36. The number of thioether (sulfide) groups is 2. The summed E-state index contributed by atoms with van der Waals surface area (Å²) in [5, 5.41) is 11.2. The first kappa shape index (κ1) is 15.9. The number of rotatable bonds is 3. The summed E-state index contributed by atoms with van der Waals surface area (Å²) in [5.74, 6) is -1.41. The molecule has 3 rings (SSSR count). The van der Waals surface area contributed by atoms with E-state index in [-0.39, 0.29) is 22.5 Å². The minimum Gasteiger partial charge on any atom is -0.477 e. The van der Waals surface area contributed by atoms with E-state index in [9.17, 15) is 19.5 Å². The molecule has 2 atom stereocenters. The maximum absolute atomic E-state index is 12.1. The molecule has 2 heterocycles. The van der Waals surface area contributed by atoms with Crippen molar-refractivity contribution < 1.29 is 19.5 Å². The highest BCUT2D eigenvalue weighted by Gasteiger charge is 2.52. The molecule has 0 aliphatic carbocycles. The van der Waals surface area contributed by atoms with Gasteiger partial charge in [-0.05, 0) is 23.9 Å². The third-order valence-electron chi connectivity index (χ3n) is 3.42. The molecule has 0 spiro atoms. The van der Waals surface area contributed by atoms with Crippen molar-refractivity contribution >= 4 is 40.6 Å². The van der Waals surface area contributed by atoms with Crippen molar-refractivity contribution in [1.82, 2.24) is 10.2 Å². The SMILES string of the molecule is NC1C(=O)N2C(C(=O)O)=C(NC(=O)Sc3ccccc3)CS[C@H]12. The Morgan fingerprint density at radius 3 is 2.70 bits per heavy atom. The second-order valence-corrected chi connectivity index (χ2v) is 7.05. The molecule has 1 fully saturated rings. The number of β-lactam (4-membered cyclic amide) rings is 1. The van der Waals surface area contributed by atoms with Crippen LogP contribution in [0.2, 0.25) is 0 Å². The fraction of sp³-hybridized carbons (Fsp3) is 0.214. The molecule has 1 unspecified atom stereocenters. The minimum atomic E-state index is -1.25. The van der Waals surface area contributed by atoms with Crippen molar-refractivity contribution in [2.45, 2.75) is 16.3 Å². The van der Waals surface area contributed by atoms with Gasteiger partial charge in [0.2, 0.25) is 5.91 Å². The lowest BCUT2D eigenvalue weighted by molar-refractivity contribution is -0.148. The second kappa shape index (κ2) is 6.26. The number of carboxylic acids is 1. The van der Waals surface area contributed by atoms with Crippen LogP contribution in [0.1, 0.15) is 0 Å². The molecular formula is C14H13N3O4S2. The van der Waals surface area contributed by atoms with Gasteiger partial charge in [0.25, 0.3) is 5.24 Å². The molecule has 2 aliphatic rings. The third-order valence-corrected chi connectivity index (χ3v) is 5.51. The summed E-state index contributed by atoms with van der Waals surface area (Å²) in [6.45, 7) is 0. The first-order chi connectivity index (χ1) is 11.0. The average Bonchev–Trinajstić information content (AvgIpc) is 2.54. The van der Waals surface area contributed by atoms with Gasteiger partial charge in [0.15, 0.2) is 5.70 Å². The van der Waals surface area contributed by atoms with Crippen LogP contribution in [0.5, 0.6) is 0 Å². The maximum Gasteiger partial charge on any atom is 0.354 e. The molecule has 0 bridgehead atoms. The molecule has 0 saturated carbocycles. The van der Waals surface area contributed by atoms with Gasteiger partial charge in [-0.2, -0.15) is 0 Å². The number of carboxylic acid groups (broad SMARTS) is 1. The number of fused-ring (bicyclic) bond motifs is 1. The Bertz CT molecular complexity index is 707. The summed E-state index contributed by atoms with van der Waals surface area (Å²) in [6.07, 6.45) is 0. The quantitative estimate of drug-likeness (QED) is 0.550. The van der Waals surface area contributed by atoms with E-state index < -0.39 is 23.2 Å². The Hall–Kier alpha value is -1.97. The topological polar surface area (TPSA) is 113 Å². The average molecular weight is 351 g/mol. The summed E-state index contributed by atoms with van der Waals surface area (Å²) in [6, 6.07) is 8.31. The van der Waals surface area contributed by atoms with E-state index in [1.807, 2.05) is 6.07 Å². The molecule has 9 heteroatoms. The first-order valence-corrected chi connectivity index (χ1v) is 8.56. The van der Waals surface area contributed by atoms with Crippen molar-refractivity contribution in [1.29, 1.82) is 0 Å². The standard InChI is InChI=1S/C14H13N3O4S2/c15-9-11(18)17-10(13(19)20)8(6-22-12(9)17)16-14(21)23-7-4-2-1-3-5-7/h1-5,9,12H,6,15H2,(H,16,21)(H,19,20)/t9?,12-/m1/s1. The van der Waals surface area contributed by atoms with Crippen LogP contribution in [0.4, 0.5) is 4.79 Å². The predicted octanol–water partition coefficient (Wildman–Crippen LogP) is 1.03. The summed E-state index contributed by atoms with van der Waals surface area (Å²) >= 11 is 2.30. The van der Waals surface area contributed by atoms with Crippen molar-refractivity contribution in [2.75, 3.05) is 5.75 Å². The normalized spacial score (nSPS) is 23.2. The summed E-state index contributed by atoms with van der Waals surface area (Å²) < 4.78 is 0. The van der Waals surface area contributed by atoms with Crippen LogP contribution in [0, 0.1) is 0 Å². The number of aliphatic carboxylic acids is 1. The van der Waals surface area contributed by atoms with Gasteiger partial charge in [-0.15, -0.1) is 11.8 Å². The monoisotopic (exact) mass is 351 g/mol. The molecule has 2 amide bonds. The van der Waals surface area contributed by atoms with Gasteiger partial charge < -0.3 is 16.2 Å². The lowest BCUT2D eigenvalue weighted by Crippen LogP contribution is -2.68. The molecule has 2 aliphatic heterocycles. The molecule has 7 nitrogen and oxygen atoms in total.